The van der Waals surface area contributed by atoms with Crippen LogP contribution in [0.25, 0.3) is 10.8 Å². The van der Waals surface area contributed by atoms with E-state index in [1.807, 2.05) is 40.9 Å². The number of amides is 1. The van der Waals surface area contributed by atoms with Crippen LogP contribution in [-0.2, 0) is 0 Å². The van der Waals surface area contributed by atoms with Crippen LogP contribution in [0.2, 0.25) is 5.15 Å². The third-order valence-corrected chi connectivity index (χ3v) is 5.53. The van der Waals surface area contributed by atoms with Crippen molar-refractivity contribution in [1.29, 1.82) is 0 Å². The maximum atomic E-state index is 12.8. The lowest BCUT2D eigenvalue weighted by Crippen LogP contribution is -2.41. The summed E-state index contributed by atoms with van der Waals surface area (Å²) >= 11 is 8.08. The molecule has 110 valence electrons. The fourth-order valence-electron chi connectivity index (χ4n) is 2.65. The Balaban J connectivity index is 1.96. The minimum atomic E-state index is 0.0640. The minimum Gasteiger partial charge on any atom is -0.337 e. The molecule has 1 fully saturated rings. The first-order valence-corrected chi connectivity index (χ1v) is 8.57. The zero-order valence-electron chi connectivity index (χ0n) is 11.9. The number of halogens is 1. The number of hydrogen-bond donors (Lipinski definition) is 0. The van der Waals surface area contributed by atoms with Gasteiger partial charge in [-0.1, -0.05) is 42.8 Å². The van der Waals surface area contributed by atoms with Crippen molar-refractivity contribution >= 4 is 40.0 Å². The second kappa shape index (κ2) is 6.24. The second-order valence-electron chi connectivity index (χ2n) is 5.16. The van der Waals surface area contributed by atoms with Crippen molar-refractivity contribution in [3.8, 4) is 0 Å². The standard InChI is InChI=1S/C16H17ClN2OS/c1-2-11-10-19(7-8-21-11)16(20)14-9-18-15(17)13-6-4-3-5-12(13)14/h3-6,9,11H,2,7-8,10H2,1H3. The van der Waals surface area contributed by atoms with Gasteiger partial charge in [-0.3, -0.25) is 4.79 Å². The first-order valence-electron chi connectivity index (χ1n) is 7.14. The first kappa shape index (κ1) is 14.7. The number of hydrogen-bond acceptors (Lipinski definition) is 3. The minimum absolute atomic E-state index is 0.0640. The summed E-state index contributed by atoms with van der Waals surface area (Å²) < 4.78 is 0. The zero-order chi connectivity index (χ0) is 14.8. The molecule has 3 rings (SSSR count). The highest BCUT2D eigenvalue weighted by Gasteiger charge is 2.25. The Kier molecular flexibility index (Phi) is 4.36. The SMILES string of the molecule is CCC1CN(C(=O)c2cnc(Cl)c3ccccc23)CCS1. The average Bonchev–Trinajstić information content (AvgIpc) is 2.55. The molecular formula is C16H17ClN2OS. The molecule has 1 unspecified atom stereocenters. The van der Waals surface area contributed by atoms with E-state index in [0.29, 0.717) is 16.0 Å². The molecule has 0 bridgehead atoms. The van der Waals surface area contributed by atoms with E-state index in [2.05, 4.69) is 11.9 Å². The van der Waals surface area contributed by atoms with Crippen molar-refractivity contribution in [2.45, 2.75) is 18.6 Å². The Morgan fingerprint density at radius 1 is 1.43 bits per heavy atom. The van der Waals surface area contributed by atoms with Crippen molar-refractivity contribution < 1.29 is 4.79 Å². The maximum Gasteiger partial charge on any atom is 0.256 e. The summed E-state index contributed by atoms with van der Waals surface area (Å²) in [6.07, 6.45) is 2.70. The number of carbonyl (C=O) groups is 1. The van der Waals surface area contributed by atoms with Gasteiger partial charge in [-0.2, -0.15) is 11.8 Å². The molecule has 0 N–H and O–H groups in total. The summed E-state index contributed by atoms with van der Waals surface area (Å²) in [7, 11) is 0. The lowest BCUT2D eigenvalue weighted by molar-refractivity contribution is 0.0762. The number of rotatable bonds is 2. The van der Waals surface area contributed by atoms with Crippen LogP contribution in [0.4, 0.5) is 0 Å². The fraction of sp³-hybridized carbons (Fsp3) is 0.375. The van der Waals surface area contributed by atoms with Gasteiger partial charge in [0.05, 0.1) is 5.56 Å². The lowest BCUT2D eigenvalue weighted by Gasteiger charge is -2.32. The smallest absolute Gasteiger partial charge is 0.256 e. The van der Waals surface area contributed by atoms with Gasteiger partial charge in [0, 0.05) is 35.7 Å². The van der Waals surface area contributed by atoms with Crippen LogP contribution in [0.3, 0.4) is 0 Å². The molecule has 3 nitrogen and oxygen atoms in total. The molecule has 2 heterocycles. The van der Waals surface area contributed by atoms with Gasteiger partial charge in [0.2, 0.25) is 0 Å². The molecule has 0 spiro atoms. The van der Waals surface area contributed by atoms with Crippen LogP contribution in [0, 0.1) is 0 Å². The van der Waals surface area contributed by atoms with Gasteiger partial charge in [0.15, 0.2) is 0 Å². The average molecular weight is 321 g/mol. The quantitative estimate of drug-likeness (QED) is 0.788. The van der Waals surface area contributed by atoms with Gasteiger partial charge in [-0.15, -0.1) is 0 Å². The number of fused-ring (bicyclic) bond motifs is 1. The topological polar surface area (TPSA) is 33.2 Å². The van der Waals surface area contributed by atoms with E-state index >= 15 is 0 Å². The first-order chi connectivity index (χ1) is 10.2. The largest absolute Gasteiger partial charge is 0.337 e. The fourth-order valence-corrected chi connectivity index (χ4v) is 4.04. The van der Waals surface area contributed by atoms with E-state index in [-0.39, 0.29) is 5.91 Å². The Labute approximate surface area is 133 Å². The Morgan fingerprint density at radius 2 is 2.19 bits per heavy atom. The lowest BCUT2D eigenvalue weighted by atomic mass is 10.1. The third kappa shape index (κ3) is 2.87. The zero-order valence-corrected chi connectivity index (χ0v) is 13.5. The van der Waals surface area contributed by atoms with Gasteiger partial charge < -0.3 is 4.90 Å². The number of pyridine rings is 1. The Morgan fingerprint density at radius 3 is 2.95 bits per heavy atom. The van der Waals surface area contributed by atoms with Crippen LogP contribution >= 0.6 is 23.4 Å². The van der Waals surface area contributed by atoms with Crippen LogP contribution in [0.5, 0.6) is 0 Å². The third-order valence-electron chi connectivity index (χ3n) is 3.86. The van der Waals surface area contributed by atoms with Crippen LogP contribution < -0.4 is 0 Å². The van der Waals surface area contributed by atoms with Crippen LogP contribution in [-0.4, -0.2) is 39.9 Å². The highest BCUT2D eigenvalue weighted by atomic mass is 35.5. The van der Waals surface area contributed by atoms with Gasteiger partial charge in [-0.25, -0.2) is 4.98 Å². The summed E-state index contributed by atoms with van der Waals surface area (Å²) in [5.41, 5.74) is 0.650. The van der Waals surface area contributed by atoms with E-state index in [9.17, 15) is 4.79 Å². The molecule has 0 radical (unpaired) electrons. The second-order valence-corrected chi connectivity index (χ2v) is 6.93. The van der Waals surface area contributed by atoms with E-state index < -0.39 is 0 Å². The van der Waals surface area contributed by atoms with E-state index in [1.54, 1.807) is 6.20 Å². The Hall–Kier alpha value is -1.26. The number of carbonyl (C=O) groups excluding carboxylic acids is 1. The molecule has 1 aromatic heterocycles. The molecule has 1 aliphatic rings. The van der Waals surface area contributed by atoms with Crippen molar-refractivity contribution in [3.05, 3.63) is 41.2 Å². The van der Waals surface area contributed by atoms with Crippen LogP contribution in [0.1, 0.15) is 23.7 Å². The highest BCUT2D eigenvalue weighted by molar-refractivity contribution is 8.00. The predicted octanol–water partition coefficient (Wildman–Crippen LogP) is 3.86. The molecule has 2 aromatic rings. The summed E-state index contributed by atoms with van der Waals surface area (Å²) in [5.74, 6) is 1.07. The number of benzene rings is 1. The molecule has 1 aliphatic heterocycles. The molecule has 21 heavy (non-hydrogen) atoms. The monoisotopic (exact) mass is 320 g/mol. The molecule has 1 aromatic carbocycles. The van der Waals surface area contributed by atoms with Gasteiger partial charge >= 0.3 is 0 Å². The normalized spacial score (nSPS) is 19.0. The van der Waals surface area contributed by atoms with Crippen molar-refractivity contribution in [2.24, 2.45) is 0 Å². The molecule has 1 amide bonds. The van der Waals surface area contributed by atoms with Crippen molar-refractivity contribution in [3.63, 3.8) is 0 Å². The van der Waals surface area contributed by atoms with E-state index in [1.165, 1.54) is 0 Å². The van der Waals surface area contributed by atoms with Gasteiger partial charge in [0.25, 0.3) is 5.91 Å². The van der Waals surface area contributed by atoms with Gasteiger partial charge in [0.1, 0.15) is 5.15 Å². The number of aromatic nitrogens is 1. The predicted molar refractivity (Wildman–Crippen MR) is 89.2 cm³/mol. The molecule has 0 aliphatic carbocycles. The van der Waals surface area contributed by atoms with E-state index in [4.69, 9.17) is 11.6 Å². The molecule has 5 heteroatoms. The molecule has 1 saturated heterocycles. The number of nitrogens with zero attached hydrogens (tertiary/aromatic N) is 2. The van der Waals surface area contributed by atoms with E-state index in [0.717, 1.165) is 36.0 Å². The summed E-state index contributed by atoms with van der Waals surface area (Å²) in [6, 6.07) is 7.68. The maximum absolute atomic E-state index is 12.8. The van der Waals surface area contributed by atoms with Crippen molar-refractivity contribution in [2.75, 3.05) is 18.8 Å². The summed E-state index contributed by atoms with van der Waals surface area (Å²) in [6.45, 7) is 3.79. The Bertz CT molecular complexity index is 676. The highest BCUT2D eigenvalue weighted by Crippen LogP contribution is 2.27. The summed E-state index contributed by atoms with van der Waals surface area (Å²) in [5, 5.41) is 2.70. The summed E-state index contributed by atoms with van der Waals surface area (Å²) in [4.78, 5) is 18.9. The van der Waals surface area contributed by atoms with Crippen molar-refractivity contribution in [1.82, 2.24) is 9.88 Å². The molecular weight excluding hydrogens is 304 g/mol. The molecule has 1 atom stereocenters. The van der Waals surface area contributed by atoms with Gasteiger partial charge in [-0.05, 0) is 11.8 Å². The molecule has 0 saturated carbocycles. The van der Waals surface area contributed by atoms with Crippen LogP contribution in [0.15, 0.2) is 30.5 Å². The number of thioether (sulfide) groups is 1.